The summed E-state index contributed by atoms with van der Waals surface area (Å²) in [6.45, 7) is 1.32. The number of nitrogens with one attached hydrogen (secondary N) is 1. The van der Waals surface area contributed by atoms with E-state index in [4.69, 9.17) is 33.0 Å². The summed E-state index contributed by atoms with van der Waals surface area (Å²) in [5.74, 6) is -1.25. The second kappa shape index (κ2) is 12.3. The largest absolute Gasteiger partial charge is 0.469 e. The Morgan fingerprint density at radius 3 is 2.29 bits per heavy atom. The second-order valence-corrected chi connectivity index (χ2v) is 9.32. The number of hydrogen-bond acceptors (Lipinski definition) is 8. The Balaban J connectivity index is 1.66. The molecule has 41 heavy (non-hydrogen) atoms. The molecule has 2 heterocycles. The third kappa shape index (κ3) is 7.33. The summed E-state index contributed by atoms with van der Waals surface area (Å²) in [5, 5.41) is 1.45. The molecule has 10 nitrogen and oxygen atoms in total. The lowest BCUT2D eigenvalue weighted by Gasteiger charge is -2.21. The lowest BCUT2D eigenvalue weighted by atomic mass is 9.40. The van der Waals surface area contributed by atoms with Crippen molar-refractivity contribution in [3.63, 3.8) is 0 Å². The molecule has 1 atom stereocenters. The lowest BCUT2D eigenvalue weighted by molar-refractivity contribution is -0.145. The maximum atomic E-state index is 13.5. The predicted octanol–water partition coefficient (Wildman–Crippen LogP) is 1.95. The first-order valence-corrected chi connectivity index (χ1v) is 12.4. The molecule has 0 bridgehead atoms. The van der Waals surface area contributed by atoms with Crippen LogP contribution in [0.2, 0.25) is 0 Å². The zero-order chi connectivity index (χ0) is 29.7. The third-order valence-corrected chi connectivity index (χ3v) is 6.04. The molecule has 0 unspecified atom stereocenters. The van der Waals surface area contributed by atoms with Crippen LogP contribution in [-0.2, 0) is 27.7 Å². The molecule has 0 saturated heterocycles. The highest BCUT2D eigenvalue weighted by atomic mass is 19.1. The van der Waals surface area contributed by atoms with Crippen LogP contribution in [0.25, 0.3) is 0 Å². The summed E-state index contributed by atoms with van der Waals surface area (Å²) in [6.07, 6.45) is 1.04. The number of aromatic nitrogens is 4. The van der Waals surface area contributed by atoms with Gasteiger partial charge in [-0.15, -0.1) is 5.11 Å². The van der Waals surface area contributed by atoms with E-state index in [9.17, 15) is 18.8 Å². The number of pyridine rings is 1. The highest BCUT2D eigenvalue weighted by Crippen LogP contribution is 2.23. The predicted molar refractivity (Wildman–Crippen MR) is 152 cm³/mol. The molecule has 6 radical (unpaired) electrons. The van der Waals surface area contributed by atoms with Crippen molar-refractivity contribution in [3.05, 3.63) is 105 Å². The Kier molecular flexibility index (Phi) is 8.80. The third-order valence-electron chi connectivity index (χ3n) is 6.04. The number of ether oxygens (including phenoxy) is 2. The minimum absolute atomic E-state index is 0.00543. The summed E-state index contributed by atoms with van der Waals surface area (Å²) in [5.41, 5.74) is 0.0772. The van der Waals surface area contributed by atoms with Crippen LogP contribution >= 0.6 is 0 Å². The van der Waals surface area contributed by atoms with E-state index < -0.39 is 34.2 Å². The maximum Gasteiger partial charge on any atom is 0.354 e. The molecule has 0 fully saturated rings. The molecule has 4 rings (SSSR count). The fraction of sp³-hybridized carbons (Fsp3) is 0.222. The summed E-state index contributed by atoms with van der Waals surface area (Å²) in [4.78, 5) is 46.3. The molecule has 0 spiro atoms. The standard InChI is InChI=1S/C27H23B3FN5O5/c1-16(23(37)40-2)14-36-25(38)34-24(35(26(36)39)15-17-3-5-18(6-4-17)27(28,29)30)33-20-8-10-21(11-9-20)41-22-12-7-19(31)13-32-22/h3-13,16H,14-15H2,1-2H3,(H,33,34,38)/t16-/m0/s1. The van der Waals surface area contributed by atoms with Crippen molar-refractivity contribution in [1.29, 1.82) is 0 Å². The van der Waals surface area contributed by atoms with Gasteiger partial charge in [0, 0.05) is 18.3 Å². The van der Waals surface area contributed by atoms with Crippen LogP contribution in [0.1, 0.15) is 18.1 Å². The van der Waals surface area contributed by atoms with Gasteiger partial charge in [0.25, 0.3) is 0 Å². The Hall–Kier alpha value is -4.61. The zero-order valence-electron chi connectivity index (χ0n) is 22.3. The molecule has 202 valence electrons. The molecule has 0 aliphatic rings. The Labute approximate surface area is 238 Å². The van der Waals surface area contributed by atoms with E-state index in [1.807, 2.05) is 0 Å². The Bertz CT molecular complexity index is 1640. The first-order chi connectivity index (χ1) is 19.4. The summed E-state index contributed by atoms with van der Waals surface area (Å²) < 4.78 is 25.6. The van der Waals surface area contributed by atoms with E-state index >= 15 is 0 Å². The quantitative estimate of drug-likeness (QED) is 0.236. The van der Waals surface area contributed by atoms with Crippen LogP contribution in [-0.4, -0.2) is 55.7 Å². The van der Waals surface area contributed by atoms with E-state index in [1.165, 1.54) is 30.7 Å². The molecule has 2 aromatic carbocycles. The van der Waals surface area contributed by atoms with Crippen molar-refractivity contribution in [2.24, 2.45) is 5.92 Å². The van der Waals surface area contributed by atoms with Crippen LogP contribution < -0.4 is 21.4 Å². The van der Waals surface area contributed by atoms with Crippen molar-refractivity contribution < 1.29 is 18.7 Å². The Morgan fingerprint density at radius 2 is 1.71 bits per heavy atom. The number of anilines is 2. The molecule has 4 aromatic rings. The van der Waals surface area contributed by atoms with Gasteiger partial charge in [-0.05, 0) is 35.9 Å². The van der Waals surface area contributed by atoms with Crippen molar-refractivity contribution in [2.75, 3.05) is 12.4 Å². The average molecular weight is 549 g/mol. The first-order valence-electron chi connectivity index (χ1n) is 12.4. The number of esters is 1. The summed E-state index contributed by atoms with van der Waals surface area (Å²) in [7, 11) is 18.5. The van der Waals surface area contributed by atoms with Crippen molar-refractivity contribution >= 4 is 41.1 Å². The number of nitrogens with zero attached hydrogens (tertiary/aromatic N) is 4. The number of methoxy groups -OCH3 is 1. The van der Waals surface area contributed by atoms with Gasteiger partial charge >= 0.3 is 17.3 Å². The molecule has 0 aliphatic carbocycles. The lowest BCUT2D eigenvalue weighted by Crippen LogP contribution is -2.44. The number of hydrogen-bond donors (Lipinski definition) is 1. The number of rotatable bonds is 10. The molecule has 1 N–H and O–H groups in total. The zero-order valence-corrected chi connectivity index (χ0v) is 22.3. The number of carbonyl (C=O) groups is 1. The molecule has 0 aliphatic heterocycles. The molecule has 0 saturated carbocycles. The van der Waals surface area contributed by atoms with E-state index in [2.05, 4.69) is 15.3 Å². The van der Waals surface area contributed by atoms with Crippen molar-refractivity contribution in [3.8, 4) is 11.6 Å². The minimum atomic E-state index is -1.54. The molecule has 0 amide bonds. The number of halogens is 1. The smallest absolute Gasteiger partial charge is 0.354 e. The van der Waals surface area contributed by atoms with Gasteiger partial charge in [0.15, 0.2) is 0 Å². The molecule has 14 heteroatoms. The molecular weight excluding hydrogens is 526 g/mol. The van der Waals surface area contributed by atoms with Gasteiger partial charge in [0.05, 0.1) is 49.3 Å². The van der Waals surface area contributed by atoms with Gasteiger partial charge in [-0.25, -0.2) is 23.5 Å². The highest BCUT2D eigenvalue weighted by molar-refractivity contribution is 6.58. The van der Waals surface area contributed by atoms with E-state index in [0.29, 0.717) is 22.6 Å². The van der Waals surface area contributed by atoms with Gasteiger partial charge < -0.3 is 14.8 Å². The monoisotopic (exact) mass is 549 g/mol. The Morgan fingerprint density at radius 1 is 1.02 bits per heavy atom. The van der Waals surface area contributed by atoms with Gasteiger partial charge in [-0.3, -0.25) is 9.36 Å². The van der Waals surface area contributed by atoms with Crippen LogP contribution in [0.5, 0.6) is 11.6 Å². The minimum Gasteiger partial charge on any atom is -0.469 e. The van der Waals surface area contributed by atoms with Crippen molar-refractivity contribution in [1.82, 2.24) is 19.1 Å². The van der Waals surface area contributed by atoms with Gasteiger partial charge in [0.1, 0.15) is 11.6 Å². The van der Waals surface area contributed by atoms with Gasteiger partial charge in [0.2, 0.25) is 11.8 Å². The molecular formula is C27H23B3FN5O5. The van der Waals surface area contributed by atoms with E-state index in [1.54, 1.807) is 48.5 Å². The number of benzene rings is 2. The normalized spacial score (nSPS) is 12.0. The van der Waals surface area contributed by atoms with Crippen molar-refractivity contribution in [2.45, 2.75) is 25.1 Å². The summed E-state index contributed by atoms with van der Waals surface area (Å²) in [6, 6.07) is 15.8. The summed E-state index contributed by atoms with van der Waals surface area (Å²) >= 11 is 0. The van der Waals surface area contributed by atoms with Crippen LogP contribution in [0.4, 0.5) is 16.0 Å². The molecule has 2 aromatic heterocycles. The SMILES string of the molecule is [B]C([B])([B])c1ccc(Cn2c(Nc3ccc(Oc4ccc(F)cn4)cc3)nc(=O)n(C[C@H](C)C(=O)OC)c2=O)cc1. The van der Waals surface area contributed by atoms with Crippen LogP contribution in [0.15, 0.2) is 76.4 Å². The topological polar surface area (TPSA) is 117 Å². The fourth-order valence-electron chi connectivity index (χ4n) is 3.83. The number of carbonyl (C=O) groups excluding carboxylic acids is 1. The van der Waals surface area contributed by atoms with E-state index in [0.717, 1.165) is 10.8 Å². The highest BCUT2D eigenvalue weighted by Gasteiger charge is 2.20. The second-order valence-electron chi connectivity index (χ2n) is 9.32. The maximum absolute atomic E-state index is 13.5. The van der Waals surface area contributed by atoms with Gasteiger partial charge in [-0.1, -0.05) is 36.8 Å². The van der Waals surface area contributed by atoms with E-state index in [-0.39, 0.29) is 24.9 Å². The van der Waals surface area contributed by atoms with Crippen LogP contribution in [0.3, 0.4) is 0 Å². The van der Waals surface area contributed by atoms with Gasteiger partial charge in [-0.2, -0.15) is 4.98 Å². The van der Waals surface area contributed by atoms with Crippen LogP contribution in [0, 0.1) is 11.7 Å². The first kappa shape index (κ1) is 29.4. The fourth-order valence-corrected chi connectivity index (χ4v) is 3.83. The average Bonchev–Trinajstić information content (AvgIpc) is 2.94.